The smallest absolute Gasteiger partial charge is 0.317 e. The molecule has 2 aliphatic heterocycles. The first kappa shape index (κ1) is 28.8. The Balaban J connectivity index is 1.42. The van der Waals surface area contributed by atoms with Crippen LogP contribution in [0, 0.1) is 0 Å². The highest BCUT2D eigenvalue weighted by atomic mass is 35.5. The number of halogens is 1. The van der Waals surface area contributed by atoms with Crippen molar-refractivity contribution < 1.29 is 9.59 Å². The van der Waals surface area contributed by atoms with Crippen molar-refractivity contribution in [1.29, 1.82) is 0 Å². The van der Waals surface area contributed by atoms with Crippen molar-refractivity contribution in [2.24, 2.45) is 0 Å². The van der Waals surface area contributed by atoms with Crippen LogP contribution in [0.1, 0.15) is 59.3 Å². The molecule has 2 atom stereocenters. The molecule has 0 aromatic carbocycles. The maximum absolute atomic E-state index is 12.5. The third-order valence-electron chi connectivity index (χ3n) is 6.90. The summed E-state index contributed by atoms with van der Waals surface area (Å²) in [6.07, 6.45) is 6.86. The summed E-state index contributed by atoms with van der Waals surface area (Å²) < 4.78 is 0. The Bertz CT molecular complexity index is 862. The van der Waals surface area contributed by atoms with Crippen molar-refractivity contribution in [1.82, 2.24) is 30.4 Å². The van der Waals surface area contributed by atoms with Gasteiger partial charge in [-0.1, -0.05) is 43.1 Å². The van der Waals surface area contributed by atoms with E-state index in [9.17, 15) is 9.59 Å². The predicted molar refractivity (Wildman–Crippen MR) is 147 cm³/mol. The Kier molecular flexibility index (Phi) is 11.9. The van der Waals surface area contributed by atoms with Crippen LogP contribution in [-0.4, -0.2) is 95.4 Å². The minimum atomic E-state index is -0.0202. The van der Waals surface area contributed by atoms with Crippen molar-refractivity contribution in [2.75, 3.05) is 56.5 Å². The average molecular weight is 540 g/mol. The first-order valence-electron chi connectivity index (χ1n) is 13.3. The van der Waals surface area contributed by atoms with Crippen molar-refractivity contribution in [2.45, 2.75) is 76.5 Å². The van der Waals surface area contributed by atoms with Crippen LogP contribution < -0.4 is 15.5 Å². The Morgan fingerprint density at radius 1 is 1.08 bits per heavy atom. The lowest BCUT2D eigenvalue weighted by Crippen LogP contribution is -2.56. The summed E-state index contributed by atoms with van der Waals surface area (Å²) in [5.74, 6) is 0.960. The second kappa shape index (κ2) is 14.8. The van der Waals surface area contributed by atoms with Gasteiger partial charge in [-0.2, -0.15) is 0 Å². The van der Waals surface area contributed by atoms with E-state index >= 15 is 0 Å². The lowest BCUT2D eigenvalue weighted by atomic mass is 10.0. The molecule has 202 valence electrons. The van der Waals surface area contributed by atoms with E-state index in [1.165, 1.54) is 37.6 Å². The van der Waals surface area contributed by atoms with Crippen LogP contribution in [-0.2, 0) is 4.79 Å². The minimum absolute atomic E-state index is 0.0102. The lowest BCUT2D eigenvalue weighted by Gasteiger charge is -2.40. The fraction of sp³-hybridized carbons (Fsp3) is 0.760. The number of piperazine rings is 1. The highest BCUT2D eigenvalue weighted by Crippen LogP contribution is 2.24. The molecule has 0 radical (unpaired) electrons. The number of urea groups is 1. The van der Waals surface area contributed by atoms with Gasteiger partial charge in [-0.3, -0.25) is 4.79 Å². The molecule has 2 unspecified atom stereocenters. The molecule has 3 rings (SSSR count). The van der Waals surface area contributed by atoms with Gasteiger partial charge in [-0.15, -0.1) is 0 Å². The van der Waals surface area contributed by atoms with Gasteiger partial charge in [0.1, 0.15) is 11.0 Å². The molecule has 0 aliphatic carbocycles. The number of likely N-dealkylation sites (tertiary alicyclic amines) is 1. The van der Waals surface area contributed by atoms with Crippen LogP contribution in [0.5, 0.6) is 0 Å². The molecule has 3 amide bonds. The van der Waals surface area contributed by atoms with Gasteiger partial charge >= 0.3 is 6.03 Å². The molecule has 9 nitrogen and oxygen atoms in total. The van der Waals surface area contributed by atoms with E-state index in [2.05, 4.69) is 44.2 Å². The van der Waals surface area contributed by atoms with Crippen molar-refractivity contribution in [3.05, 3.63) is 11.2 Å². The molecule has 1 aromatic rings. The Morgan fingerprint density at radius 2 is 1.89 bits per heavy atom. The molecule has 2 aliphatic rings. The first-order chi connectivity index (χ1) is 17.4. The van der Waals surface area contributed by atoms with Gasteiger partial charge in [-0.05, 0) is 46.1 Å². The molecular formula is C25H42ClN7O2S. The highest BCUT2D eigenvalue weighted by molar-refractivity contribution is 7.99. The monoisotopic (exact) mass is 539 g/mol. The van der Waals surface area contributed by atoms with Crippen LogP contribution in [0.4, 0.5) is 10.6 Å². The van der Waals surface area contributed by atoms with Crippen LogP contribution >= 0.6 is 23.4 Å². The second-order valence-electron chi connectivity index (χ2n) is 9.78. The maximum atomic E-state index is 12.5. The summed E-state index contributed by atoms with van der Waals surface area (Å²) in [5.41, 5.74) is 0. The topological polar surface area (TPSA) is 93.7 Å². The standard InChI is InChI=1S/C25H42ClN7O2S/c1-4-5-10-28-25(35)33-15-14-32(17-20(33)3)22-16-21(26)29-24(30-22)36-18-23(34)27-11-8-13-31-12-7-6-9-19(31)2/h16,19-20H,4-15,17-18H2,1-3H3,(H,27,34)(H,28,35). The number of unbranched alkanes of at least 4 members (excludes halogenated alkanes) is 1. The molecular weight excluding hydrogens is 498 g/mol. The molecule has 2 N–H and O–H groups in total. The first-order valence-corrected chi connectivity index (χ1v) is 14.7. The summed E-state index contributed by atoms with van der Waals surface area (Å²) in [6.45, 7) is 12.0. The molecule has 0 bridgehead atoms. The molecule has 0 spiro atoms. The number of piperidine rings is 1. The Hall–Kier alpha value is -1.78. The minimum Gasteiger partial charge on any atom is -0.355 e. The number of rotatable bonds is 11. The van der Waals surface area contributed by atoms with Crippen LogP contribution in [0.3, 0.4) is 0 Å². The number of carbonyl (C=O) groups is 2. The number of hydrogen-bond donors (Lipinski definition) is 2. The van der Waals surface area contributed by atoms with E-state index < -0.39 is 0 Å². The number of hydrogen-bond acceptors (Lipinski definition) is 7. The normalized spacial score (nSPS) is 20.9. The SMILES string of the molecule is CCCCNC(=O)N1CCN(c2cc(Cl)nc(SCC(=O)NCCCN3CCCCC3C)n2)CC1C. The molecule has 36 heavy (non-hydrogen) atoms. The second-order valence-corrected chi connectivity index (χ2v) is 11.1. The predicted octanol–water partition coefficient (Wildman–Crippen LogP) is 3.62. The summed E-state index contributed by atoms with van der Waals surface area (Å²) in [5, 5.41) is 6.85. The zero-order chi connectivity index (χ0) is 25.9. The third kappa shape index (κ3) is 8.95. The number of thioether (sulfide) groups is 1. The summed E-state index contributed by atoms with van der Waals surface area (Å²) in [7, 11) is 0. The summed E-state index contributed by atoms with van der Waals surface area (Å²) >= 11 is 7.58. The summed E-state index contributed by atoms with van der Waals surface area (Å²) in [4.78, 5) is 40.3. The largest absolute Gasteiger partial charge is 0.355 e. The van der Waals surface area contributed by atoms with E-state index in [-0.39, 0.29) is 23.7 Å². The number of carbonyl (C=O) groups excluding carboxylic acids is 2. The van der Waals surface area contributed by atoms with Crippen LogP contribution in [0.25, 0.3) is 0 Å². The number of nitrogens with one attached hydrogen (secondary N) is 2. The number of aromatic nitrogens is 2. The molecule has 3 heterocycles. The number of amides is 3. The number of anilines is 1. The Labute approximate surface area is 225 Å². The van der Waals surface area contributed by atoms with Crippen molar-refractivity contribution in [3.8, 4) is 0 Å². The maximum Gasteiger partial charge on any atom is 0.317 e. The molecule has 11 heteroatoms. The molecule has 2 saturated heterocycles. The zero-order valence-electron chi connectivity index (χ0n) is 22.0. The third-order valence-corrected chi connectivity index (χ3v) is 7.94. The zero-order valence-corrected chi connectivity index (χ0v) is 23.5. The van der Waals surface area contributed by atoms with E-state index in [1.54, 1.807) is 6.07 Å². The quantitative estimate of drug-likeness (QED) is 0.192. The van der Waals surface area contributed by atoms with Gasteiger partial charge in [0, 0.05) is 57.4 Å². The van der Waals surface area contributed by atoms with Gasteiger partial charge in [0.25, 0.3) is 0 Å². The van der Waals surface area contributed by atoms with Gasteiger partial charge in [0.15, 0.2) is 5.16 Å². The molecule has 2 fully saturated rings. The lowest BCUT2D eigenvalue weighted by molar-refractivity contribution is -0.118. The summed E-state index contributed by atoms with van der Waals surface area (Å²) in [6, 6.07) is 2.43. The fourth-order valence-electron chi connectivity index (χ4n) is 4.73. The van der Waals surface area contributed by atoms with Crippen LogP contribution in [0.2, 0.25) is 5.15 Å². The van der Waals surface area contributed by atoms with Crippen molar-refractivity contribution in [3.63, 3.8) is 0 Å². The van der Waals surface area contributed by atoms with E-state index in [1.807, 2.05) is 11.8 Å². The molecule has 0 saturated carbocycles. The van der Waals surface area contributed by atoms with Crippen LogP contribution in [0.15, 0.2) is 11.2 Å². The van der Waals surface area contributed by atoms with Gasteiger partial charge in [-0.25, -0.2) is 14.8 Å². The van der Waals surface area contributed by atoms with Gasteiger partial charge in [0.05, 0.1) is 5.75 Å². The Morgan fingerprint density at radius 3 is 2.64 bits per heavy atom. The molecule has 1 aromatic heterocycles. The van der Waals surface area contributed by atoms with E-state index in [0.717, 1.165) is 31.6 Å². The van der Waals surface area contributed by atoms with Crippen molar-refractivity contribution >= 4 is 41.1 Å². The average Bonchev–Trinajstić information content (AvgIpc) is 2.86. The van der Waals surface area contributed by atoms with E-state index in [4.69, 9.17) is 11.6 Å². The fourth-order valence-corrected chi connectivity index (χ4v) is 5.64. The highest BCUT2D eigenvalue weighted by Gasteiger charge is 2.28. The van der Waals surface area contributed by atoms with Gasteiger partial charge < -0.3 is 25.3 Å². The van der Waals surface area contributed by atoms with E-state index in [0.29, 0.717) is 49.1 Å². The van der Waals surface area contributed by atoms with Gasteiger partial charge in [0.2, 0.25) is 5.91 Å². The number of nitrogens with zero attached hydrogens (tertiary/aromatic N) is 5.